The van der Waals surface area contributed by atoms with Crippen molar-refractivity contribution < 1.29 is 14.3 Å². The summed E-state index contributed by atoms with van der Waals surface area (Å²) in [5.74, 6) is 0.163. The lowest BCUT2D eigenvalue weighted by Crippen LogP contribution is -2.55. The van der Waals surface area contributed by atoms with Gasteiger partial charge in [-0.15, -0.1) is 0 Å². The minimum atomic E-state index is -0.974. The first-order valence-corrected chi connectivity index (χ1v) is 6.50. The van der Waals surface area contributed by atoms with Crippen molar-refractivity contribution in [1.29, 1.82) is 0 Å². The Hall–Kier alpha value is -0.650. The van der Waals surface area contributed by atoms with Crippen LogP contribution in [-0.2, 0) is 14.3 Å². The Bertz CT molecular complexity index is 242. The minimum Gasteiger partial charge on any atom is -0.465 e. The first kappa shape index (κ1) is 17.4. The van der Waals surface area contributed by atoms with Gasteiger partial charge in [0.05, 0.1) is 13.2 Å². The topological polar surface area (TPSA) is 64.8 Å². The molecule has 0 aliphatic heterocycles. The molecule has 0 aromatic carbocycles. The van der Waals surface area contributed by atoms with Crippen LogP contribution < -0.4 is 5.73 Å². The zero-order valence-electron chi connectivity index (χ0n) is 12.4. The zero-order valence-corrected chi connectivity index (χ0v) is 12.4. The van der Waals surface area contributed by atoms with Crippen molar-refractivity contribution in [2.45, 2.75) is 33.2 Å². The maximum absolute atomic E-state index is 11.8. The molecule has 0 saturated heterocycles. The van der Waals surface area contributed by atoms with Crippen LogP contribution in [0.15, 0.2) is 0 Å². The summed E-state index contributed by atoms with van der Waals surface area (Å²) >= 11 is 0. The molecule has 0 aliphatic rings. The summed E-state index contributed by atoms with van der Waals surface area (Å²) in [6.45, 7) is 10.9. The monoisotopic (exact) mass is 260 g/mol. The minimum absolute atomic E-state index is 0.351. The molecule has 5 heteroatoms. The number of carbonyl (C=O) groups excluding carboxylic acids is 1. The summed E-state index contributed by atoms with van der Waals surface area (Å²) < 4.78 is 10.1. The van der Waals surface area contributed by atoms with Gasteiger partial charge in [0.1, 0.15) is 5.54 Å². The fraction of sp³-hybridized carbons (Fsp3) is 0.923. The summed E-state index contributed by atoms with van der Waals surface area (Å²) in [4.78, 5) is 13.9. The Kier molecular flexibility index (Phi) is 8.15. The number of methoxy groups -OCH3 is 1. The van der Waals surface area contributed by atoms with Crippen molar-refractivity contribution in [2.75, 3.05) is 40.0 Å². The maximum Gasteiger partial charge on any atom is 0.327 e. The van der Waals surface area contributed by atoms with E-state index in [9.17, 15) is 4.79 Å². The van der Waals surface area contributed by atoms with Crippen LogP contribution in [0.2, 0.25) is 0 Å². The molecule has 0 aromatic heterocycles. The summed E-state index contributed by atoms with van der Waals surface area (Å²) in [7, 11) is 1.67. The molecular formula is C13H28N2O3. The number of ether oxygens (including phenoxy) is 2. The lowest BCUT2D eigenvalue weighted by Gasteiger charge is -2.31. The molecule has 0 fully saturated rings. The fourth-order valence-corrected chi connectivity index (χ4v) is 1.80. The van der Waals surface area contributed by atoms with Crippen molar-refractivity contribution in [3.05, 3.63) is 0 Å². The molecule has 0 rings (SSSR count). The molecule has 0 amide bonds. The number of esters is 1. The average molecular weight is 260 g/mol. The Balaban J connectivity index is 4.47. The maximum atomic E-state index is 11.8. The lowest BCUT2D eigenvalue weighted by atomic mass is 10.0. The predicted molar refractivity (Wildman–Crippen MR) is 72.4 cm³/mol. The van der Waals surface area contributed by atoms with Gasteiger partial charge >= 0.3 is 5.97 Å². The van der Waals surface area contributed by atoms with Crippen LogP contribution in [-0.4, -0.2) is 56.4 Å². The average Bonchev–Trinajstić information content (AvgIpc) is 2.25. The first-order chi connectivity index (χ1) is 8.33. The SMILES string of the molecule is CCOC(=O)C(C)(N)CN(CCOC)CC(C)C. The van der Waals surface area contributed by atoms with E-state index in [1.54, 1.807) is 21.0 Å². The van der Waals surface area contributed by atoms with Gasteiger partial charge in [0.15, 0.2) is 0 Å². The molecule has 5 nitrogen and oxygen atoms in total. The molecule has 2 N–H and O–H groups in total. The van der Waals surface area contributed by atoms with Crippen molar-refractivity contribution >= 4 is 5.97 Å². The Morgan fingerprint density at radius 2 is 2.06 bits per heavy atom. The second-order valence-corrected chi connectivity index (χ2v) is 5.26. The molecule has 18 heavy (non-hydrogen) atoms. The van der Waals surface area contributed by atoms with E-state index in [1.807, 2.05) is 0 Å². The summed E-state index contributed by atoms with van der Waals surface area (Å²) in [6, 6.07) is 0. The van der Waals surface area contributed by atoms with Crippen molar-refractivity contribution in [1.82, 2.24) is 4.90 Å². The molecule has 0 aliphatic carbocycles. The van der Waals surface area contributed by atoms with Gasteiger partial charge in [0.2, 0.25) is 0 Å². The highest BCUT2D eigenvalue weighted by Crippen LogP contribution is 2.08. The molecule has 0 heterocycles. The second-order valence-electron chi connectivity index (χ2n) is 5.26. The second kappa shape index (κ2) is 8.45. The molecule has 0 bridgehead atoms. The van der Waals surface area contributed by atoms with Gasteiger partial charge in [0.25, 0.3) is 0 Å². The van der Waals surface area contributed by atoms with Crippen LogP contribution in [0, 0.1) is 5.92 Å². The fourth-order valence-electron chi connectivity index (χ4n) is 1.80. The summed E-state index contributed by atoms with van der Waals surface area (Å²) in [5, 5.41) is 0. The molecule has 0 spiro atoms. The van der Waals surface area contributed by atoms with Gasteiger partial charge in [-0.1, -0.05) is 13.8 Å². The predicted octanol–water partition coefficient (Wildman–Crippen LogP) is 0.871. The number of rotatable bonds is 9. The Labute approximate surface area is 111 Å². The number of nitrogens with two attached hydrogens (primary N) is 1. The van der Waals surface area contributed by atoms with Crippen LogP contribution in [0.1, 0.15) is 27.7 Å². The Morgan fingerprint density at radius 3 is 2.50 bits per heavy atom. The molecular weight excluding hydrogens is 232 g/mol. The van der Waals surface area contributed by atoms with Crippen molar-refractivity contribution in [2.24, 2.45) is 11.7 Å². The molecule has 0 aromatic rings. The standard InChI is InChI=1S/C13H28N2O3/c1-6-18-12(16)13(4,14)10-15(7-8-17-5)9-11(2)3/h11H,6-10,14H2,1-5H3. The lowest BCUT2D eigenvalue weighted by molar-refractivity contribution is -0.149. The quantitative estimate of drug-likeness (QED) is 0.623. The molecule has 1 atom stereocenters. The molecule has 1 unspecified atom stereocenters. The third-order valence-electron chi connectivity index (χ3n) is 2.53. The third kappa shape index (κ3) is 6.93. The van der Waals surface area contributed by atoms with Gasteiger partial charge in [-0.3, -0.25) is 9.69 Å². The molecule has 0 saturated carbocycles. The summed E-state index contributed by atoms with van der Waals surface area (Å²) in [6.07, 6.45) is 0. The van der Waals surface area contributed by atoms with Crippen LogP contribution in [0.25, 0.3) is 0 Å². The zero-order chi connectivity index (χ0) is 14.2. The third-order valence-corrected chi connectivity index (χ3v) is 2.53. The van der Waals surface area contributed by atoms with Crippen LogP contribution in [0.3, 0.4) is 0 Å². The Morgan fingerprint density at radius 1 is 1.44 bits per heavy atom. The van der Waals surface area contributed by atoms with E-state index in [1.165, 1.54) is 0 Å². The van der Waals surface area contributed by atoms with Gasteiger partial charge < -0.3 is 15.2 Å². The first-order valence-electron chi connectivity index (χ1n) is 6.50. The number of nitrogens with zero attached hydrogens (tertiary/aromatic N) is 1. The van der Waals surface area contributed by atoms with Crippen molar-refractivity contribution in [3.8, 4) is 0 Å². The van der Waals surface area contributed by atoms with Crippen LogP contribution >= 0.6 is 0 Å². The molecule has 0 radical (unpaired) electrons. The number of hydrogen-bond acceptors (Lipinski definition) is 5. The van der Waals surface area contributed by atoms with E-state index < -0.39 is 5.54 Å². The van der Waals surface area contributed by atoms with Gasteiger partial charge in [-0.25, -0.2) is 0 Å². The number of hydrogen-bond donors (Lipinski definition) is 1. The summed E-state index contributed by atoms with van der Waals surface area (Å²) in [5.41, 5.74) is 5.06. The van der Waals surface area contributed by atoms with Gasteiger partial charge in [-0.2, -0.15) is 0 Å². The van der Waals surface area contributed by atoms with E-state index in [-0.39, 0.29) is 5.97 Å². The van der Waals surface area contributed by atoms with E-state index in [0.717, 1.165) is 13.1 Å². The normalized spacial score (nSPS) is 14.9. The van der Waals surface area contributed by atoms with E-state index in [2.05, 4.69) is 18.7 Å². The largest absolute Gasteiger partial charge is 0.465 e. The highest BCUT2D eigenvalue weighted by molar-refractivity contribution is 5.80. The van der Waals surface area contributed by atoms with Crippen molar-refractivity contribution in [3.63, 3.8) is 0 Å². The highest BCUT2D eigenvalue weighted by atomic mass is 16.5. The highest BCUT2D eigenvalue weighted by Gasteiger charge is 2.32. The van der Waals surface area contributed by atoms with E-state index in [0.29, 0.717) is 25.7 Å². The number of carbonyl (C=O) groups is 1. The molecule has 108 valence electrons. The smallest absolute Gasteiger partial charge is 0.327 e. The van der Waals surface area contributed by atoms with Crippen LogP contribution in [0.5, 0.6) is 0 Å². The van der Waals surface area contributed by atoms with E-state index >= 15 is 0 Å². The van der Waals surface area contributed by atoms with Gasteiger partial charge in [-0.05, 0) is 19.8 Å². The van der Waals surface area contributed by atoms with Crippen LogP contribution in [0.4, 0.5) is 0 Å². The van der Waals surface area contributed by atoms with E-state index in [4.69, 9.17) is 15.2 Å². The van der Waals surface area contributed by atoms with Gasteiger partial charge in [0, 0.05) is 26.7 Å².